The lowest BCUT2D eigenvalue weighted by atomic mass is 10.2. The Morgan fingerprint density at radius 1 is 1.10 bits per heavy atom. The van der Waals surface area contributed by atoms with Gasteiger partial charge in [-0.15, -0.1) is 10.2 Å². The number of rotatable bonds is 8. The van der Waals surface area contributed by atoms with Crippen LogP contribution in [-0.2, 0) is 17.9 Å². The number of anilines is 1. The number of thioether (sulfide) groups is 1. The second kappa shape index (κ2) is 10.3. The lowest BCUT2D eigenvalue weighted by molar-refractivity contribution is -0.113. The van der Waals surface area contributed by atoms with Gasteiger partial charge in [0.15, 0.2) is 11.0 Å². The van der Waals surface area contributed by atoms with Crippen LogP contribution in [0, 0.1) is 6.92 Å². The fourth-order valence-electron chi connectivity index (χ4n) is 2.78. The maximum absolute atomic E-state index is 12.3. The molecule has 3 aromatic rings. The summed E-state index contributed by atoms with van der Waals surface area (Å²) in [4.78, 5) is 24.6. The number of amides is 2. The van der Waals surface area contributed by atoms with Gasteiger partial charge >= 0.3 is 0 Å². The highest BCUT2D eigenvalue weighted by molar-refractivity contribution is 7.99. The van der Waals surface area contributed by atoms with Gasteiger partial charge in [0.2, 0.25) is 5.91 Å². The topological polar surface area (TPSA) is 88.9 Å². The molecule has 2 amide bonds. The Hall–Kier alpha value is -2.84. The van der Waals surface area contributed by atoms with Gasteiger partial charge in [0.25, 0.3) is 5.91 Å². The summed E-state index contributed by atoms with van der Waals surface area (Å²) in [5, 5.41) is 15.3. The van der Waals surface area contributed by atoms with Gasteiger partial charge in [0.05, 0.1) is 12.3 Å². The lowest BCUT2D eigenvalue weighted by Crippen LogP contribution is -2.24. The summed E-state index contributed by atoms with van der Waals surface area (Å²) in [6, 6.07) is 14.4. The van der Waals surface area contributed by atoms with Crippen molar-refractivity contribution in [1.82, 2.24) is 20.1 Å². The average molecular weight is 444 g/mol. The Morgan fingerprint density at radius 3 is 2.60 bits per heavy atom. The standard InChI is InChI=1S/C21H22ClN5O2S/c1-3-27-18(12-23-20(29)15-8-5-4-6-9-15)25-26-21(27)30-13-19(28)24-17-11-7-10-16(22)14(17)2/h4-11H,3,12-13H2,1-2H3,(H,23,29)(H,24,28). The summed E-state index contributed by atoms with van der Waals surface area (Å²) < 4.78 is 1.88. The van der Waals surface area contributed by atoms with E-state index in [-0.39, 0.29) is 24.1 Å². The van der Waals surface area contributed by atoms with Crippen molar-refractivity contribution < 1.29 is 9.59 Å². The quantitative estimate of drug-likeness (QED) is 0.515. The third kappa shape index (κ3) is 5.40. The molecule has 0 saturated heterocycles. The minimum absolute atomic E-state index is 0.157. The van der Waals surface area contributed by atoms with Gasteiger partial charge < -0.3 is 15.2 Å². The number of halogens is 1. The Morgan fingerprint density at radius 2 is 1.87 bits per heavy atom. The molecule has 2 N–H and O–H groups in total. The molecule has 9 heteroatoms. The predicted molar refractivity (Wildman–Crippen MR) is 119 cm³/mol. The highest BCUT2D eigenvalue weighted by Crippen LogP contribution is 2.24. The van der Waals surface area contributed by atoms with E-state index >= 15 is 0 Å². The van der Waals surface area contributed by atoms with Crippen molar-refractivity contribution in [3.05, 3.63) is 70.5 Å². The van der Waals surface area contributed by atoms with Crippen LogP contribution < -0.4 is 10.6 Å². The molecule has 0 aliphatic carbocycles. The van der Waals surface area contributed by atoms with Crippen LogP contribution in [0.3, 0.4) is 0 Å². The number of nitrogens with zero attached hydrogens (tertiary/aromatic N) is 3. The largest absolute Gasteiger partial charge is 0.345 e. The molecule has 1 aromatic heterocycles. The second-order valence-electron chi connectivity index (χ2n) is 6.44. The zero-order chi connectivity index (χ0) is 21.5. The van der Waals surface area contributed by atoms with E-state index < -0.39 is 0 Å². The highest BCUT2D eigenvalue weighted by Gasteiger charge is 2.15. The second-order valence-corrected chi connectivity index (χ2v) is 7.79. The number of hydrogen-bond donors (Lipinski definition) is 2. The third-order valence-electron chi connectivity index (χ3n) is 4.43. The first-order valence-corrected chi connectivity index (χ1v) is 10.8. The SMILES string of the molecule is CCn1c(CNC(=O)c2ccccc2)nnc1SCC(=O)Nc1cccc(Cl)c1C. The molecule has 30 heavy (non-hydrogen) atoms. The van der Waals surface area contributed by atoms with Crippen LogP contribution in [0.4, 0.5) is 5.69 Å². The number of carbonyl (C=O) groups excluding carboxylic acids is 2. The molecule has 0 spiro atoms. The molecule has 156 valence electrons. The summed E-state index contributed by atoms with van der Waals surface area (Å²) in [5.41, 5.74) is 2.10. The zero-order valence-corrected chi connectivity index (χ0v) is 18.3. The van der Waals surface area contributed by atoms with Crippen molar-refractivity contribution in [1.29, 1.82) is 0 Å². The van der Waals surface area contributed by atoms with E-state index in [1.807, 2.05) is 42.7 Å². The Balaban J connectivity index is 1.58. The van der Waals surface area contributed by atoms with E-state index in [9.17, 15) is 9.59 Å². The van der Waals surface area contributed by atoms with E-state index in [4.69, 9.17) is 11.6 Å². The minimum Gasteiger partial charge on any atom is -0.345 e. The molecule has 0 aliphatic heterocycles. The molecular weight excluding hydrogens is 422 g/mol. The average Bonchev–Trinajstić information content (AvgIpc) is 3.16. The van der Waals surface area contributed by atoms with Gasteiger partial charge in [-0.2, -0.15) is 0 Å². The molecule has 0 saturated carbocycles. The molecule has 7 nitrogen and oxygen atoms in total. The summed E-state index contributed by atoms with van der Waals surface area (Å²) in [6.07, 6.45) is 0. The van der Waals surface area contributed by atoms with Crippen LogP contribution in [0.1, 0.15) is 28.7 Å². The monoisotopic (exact) mass is 443 g/mol. The van der Waals surface area contributed by atoms with E-state index in [1.165, 1.54) is 11.8 Å². The molecular formula is C21H22ClN5O2S. The first-order chi connectivity index (χ1) is 14.5. The Bertz CT molecular complexity index is 1040. The van der Waals surface area contributed by atoms with Crippen LogP contribution in [-0.4, -0.2) is 32.3 Å². The van der Waals surface area contributed by atoms with Gasteiger partial charge in [-0.05, 0) is 43.7 Å². The zero-order valence-electron chi connectivity index (χ0n) is 16.7. The van der Waals surface area contributed by atoms with Crippen molar-refractivity contribution in [3.63, 3.8) is 0 Å². The maximum Gasteiger partial charge on any atom is 0.251 e. The van der Waals surface area contributed by atoms with Crippen molar-refractivity contribution in [3.8, 4) is 0 Å². The molecule has 0 atom stereocenters. The molecule has 1 heterocycles. The number of carbonyl (C=O) groups is 2. The summed E-state index contributed by atoms with van der Waals surface area (Å²) >= 11 is 7.39. The van der Waals surface area contributed by atoms with E-state index in [0.29, 0.717) is 33.8 Å². The van der Waals surface area contributed by atoms with Crippen molar-refractivity contribution in [2.45, 2.75) is 32.1 Å². The summed E-state index contributed by atoms with van der Waals surface area (Å²) in [7, 11) is 0. The molecule has 0 aliphatic rings. The van der Waals surface area contributed by atoms with Gasteiger partial charge in [-0.25, -0.2) is 0 Å². The van der Waals surface area contributed by atoms with Crippen LogP contribution in [0.25, 0.3) is 0 Å². The third-order valence-corrected chi connectivity index (χ3v) is 5.80. The molecule has 0 unspecified atom stereocenters. The van der Waals surface area contributed by atoms with E-state index in [1.54, 1.807) is 24.3 Å². The maximum atomic E-state index is 12.3. The number of nitrogens with one attached hydrogen (secondary N) is 2. The van der Waals surface area contributed by atoms with Crippen LogP contribution in [0.5, 0.6) is 0 Å². The van der Waals surface area contributed by atoms with Crippen molar-refractivity contribution in [2.24, 2.45) is 0 Å². The van der Waals surface area contributed by atoms with Crippen molar-refractivity contribution >= 4 is 40.9 Å². The Labute approximate surface area is 184 Å². The smallest absolute Gasteiger partial charge is 0.251 e. The van der Waals surface area contributed by atoms with Gasteiger partial charge in [-0.3, -0.25) is 9.59 Å². The predicted octanol–water partition coefficient (Wildman–Crippen LogP) is 3.92. The minimum atomic E-state index is -0.174. The normalized spacial score (nSPS) is 10.6. The lowest BCUT2D eigenvalue weighted by Gasteiger charge is -2.10. The van der Waals surface area contributed by atoms with Gasteiger partial charge in [0, 0.05) is 22.8 Å². The van der Waals surface area contributed by atoms with Crippen LogP contribution in [0.15, 0.2) is 53.7 Å². The first-order valence-electron chi connectivity index (χ1n) is 9.42. The van der Waals surface area contributed by atoms with E-state index in [0.717, 1.165) is 5.56 Å². The van der Waals surface area contributed by atoms with E-state index in [2.05, 4.69) is 20.8 Å². The fraction of sp³-hybridized carbons (Fsp3) is 0.238. The summed E-state index contributed by atoms with van der Waals surface area (Å²) in [6.45, 7) is 4.70. The molecule has 0 bridgehead atoms. The van der Waals surface area contributed by atoms with Crippen LogP contribution >= 0.6 is 23.4 Å². The first kappa shape index (κ1) is 21.9. The molecule has 2 aromatic carbocycles. The van der Waals surface area contributed by atoms with Crippen molar-refractivity contribution in [2.75, 3.05) is 11.1 Å². The van der Waals surface area contributed by atoms with Gasteiger partial charge in [0.1, 0.15) is 0 Å². The summed E-state index contributed by atoms with van der Waals surface area (Å²) in [5.74, 6) is 0.484. The highest BCUT2D eigenvalue weighted by atomic mass is 35.5. The van der Waals surface area contributed by atoms with Crippen LogP contribution in [0.2, 0.25) is 5.02 Å². The molecule has 3 rings (SSSR count). The number of hydrogen-bond acceptors (Lipinski definition) is 5. The van der Waals surface area contributed by atoms with Gasteiger partial charge in [-0.1, -0.05) is 47.6 Å². The fourth-order valence-corrected chi connectivity index (χ4v) is 3.78. The Kier molecular flexibility index (Phi) is 7.48. The molecule has 0 fully saturated rings. The number of aromatic nitrogens is 3. The number of benzene rings is 2. The molecule has 0 radical (unpaired) electrons.